The number of rotatable bonds is 4. The predicted octanol–water partition coefficient (Wildman–Crippen LogP) is 3.44. The maximum Gasteiger partial charge on any atom is 0.242 e. The van der Waals surface area contributed by atoms with Gasteiger partial charge < -0.3 is 0 Å². The van der Waals surface area contributed by atoms with Gasteiger partial charge in [0, 0.05) is 30.2 Å². The first kappa shape index (κ1) is 23.9. The molecule has 3 aromatic rings. The van der Waals surface area contributed by atoms with Crippen molar-refractivity contribution in [2.45, 2.75) is 9.79 Å². The van der Waals surface area contributed by atoms with Crippen LogP contribution >= 0.6 is 11.6 Å². The Kier molecular flexibility index (Phi) is 6.74. The molecule has 0 aliphatic rings. The van der Waals surface area contributed by atoms with Crippen LogP contribution in [0, 0.1) is 17.7 Å². The number of nitrogens with two attached hydrogens (primary N) is 1. The van der Waals surface area contributed by atoms with Crippen LogP contribution in [0.5, 0.6) is 0 Å². The normalized spacial score (nSPS) is 11.8. The first-order valence-electron chi connectivity index (χ1n) is 9.07. The summed E-state index contributed by atoms with van der Waals surface area (Å²) in [5, 5.41) is 5.60. The molecule has 0 atom stereocenters. The molecular formula is C22H18ClFN2O4S2. The van der Waals surface area contributed by atoms with Crippen LogP contribution in [-0.4, -0.2) is 35.2 Å². The summed E-state index contributed by atoms with van der Waals surface area (Å²) in [6.07, 6.45) is 0. The molecule has 0 aromatic heterocycles. The molecule has 0 saturated carbocycles. The van der Waals surface area contributed by atoms with Gasteiger partial charge >= 0.3 is 0 Å². The minimum absolute atomic E-state index is 0.0666. The lowest BCUT2D eigenvalue weighted by Gasteiger charge is -2.15. The topological polar surface area (TPSA) is 97.5 Å². The summed E-state index contributed by atoms with van der Waals surface area (Å²) in [5.41, 5.74) is 0.845. The van der Waals surface area contributed by atoms with Gasteiger partial charge in [-0.1, -0.05) is 41.6 Å². The molecule has 6 nitrogen and oxygen atoms in total. The van der Waals surface area contributed by atoms with Gasteiger partial charge in [0.25, 0.3) is 0 Å². The van der Waals surface area contributed by atoms with Crippen molar-refractivity contribution in [3.05, 3.63) is 82.6 Å². The largest absolute Gasteiger partial charge is 0.242 e. The van der Waals surface area contributed by atoms with Crippen LogP contribution in [-0.2, 0) is 20.0 Å². The molecule has 0 radical (unpaired) electrons. The molecule has 0 spiro atoms. The summed E-state index contributed by atoms with van der Waals surface area (Å²) in [6, 6.07) is 14.1. The van der Waals surface area contributed by atoms with Gasteiger partial charge in [0.1, 0.15) is 5.82 Å². The predicted molar refractivity (Wildman–Crippen MR) is 122 cm³/mol. The number of halogens is 2. The highest BCUT2D eigenvalue weighted by Gasteiger charge is 2.23. The molecule has 0 aliphatic carbocycles. The van der Waals surface area contributed by atoms with Crippen molar-refractivity contribution >= 4 is 31.6 Å². The number of benzene rings is 3. The third-order valence-electron chi connectivity index (χ3n) is 4.52. The second kappa shape index (κ2) is 9.02. The van der Waals surface area contributed by atoms with Gasteiger partial charge in [0.05, 0.1) is 15.4 Å². The van der Waals surface area contributed by atoms with E-state index in [0.29, 0.717) is 11.1 Å². The molecule has 3 rings (SSSR count). The highest BCUT2D eigenvalue weighted by Crippen LogP contribution is 2.32. The minimum Gasteiger partial charge on any atom is -0.225 e. The number of nitrogens with zero attached hydrogens (tertiary/aromatic N) is 1. The van der Waals surface area contributed by atoms with Crippen LogP contribution in [0.3, 0.4) is 0 Å². The number of hydrogen-bond acceptors (Lipinski definition) is 4. The van der Waals surface area contributed by atoms with Crippen molar-refractivity contribution in [2.24, 2.45) is 5.14 Å². The Balaban J connectivity index is 2.26. The first-order valence-corrected chi connectivity index (χ1v) is 12.4. The van der Waals surface area contributed by atoms with Gasteiger partial charge in [0.15, 0.2) is 0 Å². The van der Waals surface area contributed by atoms with Crippen molar-refractivity contribution in [3.8, 4) is 23.0 Å². The average molecular weight is 493 g/mol. The van der Waals surface area contributed by atoms with Gasteiger partial charge in [-0.2, -0.15) is 0 Å². The third-order valence-corrected chi connectivity index (χ3v) is 7.53. The smallest absolute Gasteiger partial charge is 0.225 e. The van der Waals surface area contributed by atoms with E-state index in [4.69, 9.17) is 16.7 Å². The average Bonchev–Trinajstić information content (AvgIpc) is 2.72. The quantitative estimate of drug-likeness (QED) is 0.564. The van der Waals surface area contributed by atoms with Gasteiger partial charge in [-0.25, -0.2) is 30.7 Å². The lowest BCUT2D eigenvalue weighted by molar-refractivity contribution is 0.520. The zero-order valence-electron chi connectivity index (χ0n) is 17.0. The summed E-state index contributed by atoms with van der Waals surface area (Å²) < 4.78 is 64.7. The maximum absolute atomic E-state index is 14.1. The van der Waals surface area contributed by atoms with E-state index in [0.717, 1.165) is 16.4 Å². The van der Waals surface area contributed by atoms with Gasteiger partial charge in [-0.15, -0.1) is 0 Å². The van der Waals surface area contributed by atoms with E-state index in [2.05, 4.69) is 11.8 Å². The fraction of sp³-hybridized carbons (Fsp3) is 0.0909. The molecule has 10 heteroatoms. The van der Waals surface area contributed by atoms with E-state index < -0.39 is 25.9 Å². The number of hydrogen-bond donors (Lipinski definition) is 1. The lowest BCUT2D eigenvalue weighted by atomic mass is 9.99. The Labute approximate surface area is 191 Å². The highest BCUT2D eigenvalue weighted by atomic mass is 35.5. The molecule has 0 fully saturated rings. The first-order chi connectivity index (χ1) is 14.9. The molecule has 0 bridgehead atoms. The monoisotopic (exact) mass is 492 g/mol. The Bertz CT molecular complexity index is 1480. The third kappa shape index (κ3) is 5.01. The zero-order valence-corrected chi connectivity index (χ0v) is 19.4. The molecule has 32 heavy (non-hydrogen) atoms. The van der Waals surface area contributed by atoms with Crippen molar-refractivity contribution in [3.63, 3.8) is 0 Å². The zero-order chi connectivity index (χ0) is 23.7. The van der Waals surface area contributed by atoms with Gasteiger partial charge in [-0.3, -0.25) is 0 Å². The van der Waals surface area contributed by atoms with Crippen molar-refractivity contribution in [2.75, 3.05) is 14.1 Å². The van der Waals surface area contributed by atoms with E-state index in [1.54, 1.807) is 24.3 Å². The molecule has 0 saturated heterocycles. The standard InChI is InChI=1S/C22H18ClFN2O4S2/c1-26(2)32(29,30)18-11-12-22(31(25,27)28)20(14-18)19-6-4-3-5-15(19)7-8-16-9-10-17(23)13-21(16)24/h3-6,9-14H,1-2H3,(H2,25,27,28). The Hall–Kier alpha value is -2.74. The van der Waals surface area contributed by atoms with E-state index in [1.165, 1.54) is 38.4 Å². The fourth-order valence-corrected chi connectivity index (χ4v) is 4.71. The van der Waals surface area contributed by atoms with Crippen LogP contribution in [0.25, 0.3) is 11.1 Å². The van der Waals surface area contributed by atoms with Crippen LogP contribution in [0.2, 0.25) is 5.02 Å². The molecule has 166 valence electrons. The van der Waals surface area contributed by atoms with Crippen LogP contribution in [0.1, 0.15) is 11.1 Å². The van der Waals surface area contributed by atoms with Crippen molar-refractivity contribution in [1.29, 1.82) is 0 Å². The molecule has 2 N–H and O–H groups in total. The summed E-state index contributed by atoms with van der Waals surface area (Å²) in [5.74, 6) is 4.91. The van der Waals surface area contributed by atoms with Crippen LogP contribution < -0.4 is 5.14 Å². The summed E-state index contributed by atoms with van der Waals surface area (Å²) >= 11 is 5.76. The molecular weight excluding hydrogens is 475 g/mol. The molecule has 0 heterocycles. The fourth-order valence-electron chi connectivity index (χ4n) is 2.89. The molecule has 0 amide bonds. The van der Waals surface area contributed by atoms with Crippen LogP contribution in [0.4, 0.5) is 4.39 Å². The van der Waals surface area contributed by atoms with Crippen molar-refractivity contribution < 1.29 is 21.2 Å². The molecule has 0 unspecified atom stereocenters. The van der Waals surface area contributed by atoms with Crippen LogP contribution in [0.15, 0.2) is 70.5 Å². The van der Waals surface area contributed by atoms with Crippen molar-refractivity contribution in [1.82, 2.24) is 4.31 Å². The van der Waals surface area contributed by atoms with E-state index >= 15 is 0 Å². The number of sulfonamides is 2. The van der Waals surface area contributed by atoms with E-state index in [1.807, 2.05) is 0 Å². The maximum atomic E-state index is 14.1. The Morgan fingerprint density at radius 3 is 2.16 bits per heavy atom. The van der Waals surface area contributed by atoms with E-state index in [9.17, 15) is 21.2 Å². The van der Waals surface area contributed by atoms with Gasteiger partial charge in [-0.05, 0) is 48.0 Å². The summed E-state index contributed by atoms with van der Waals surface area (Å²) in [7, 11) is -5.31. The van der Waals surface area contributed by atoms with E-state index in [-0.39, 0.29) is 25.9 Å². The Morgan fingerprint density at radius 1 is 0.875 bits per heavy atom. The number of primary sulfonamides is 1. The minimum atomic E-state index is -4.19. The van der Waals surface area contributed by atoms with Gasteiger partial charge in [0.2, 0.25) is 20.0 Å². The molecule has 0 aliphatic heterocycles. The summed E-state index contributed by atoms with van der Waals surface area (Å²) in [6.45, 7) is 0. The highest BCUT2D eigenvalue weighted by molar-refractivity contribution is 7.89. The second-order valence-corrected chi connectivity index (χ2v) is 11.0. The SMILES string of the molecule is CN(C)S(=O)(=O)c1ccc(S(N)(=O)=O)c(-c2ccccc2C#Cc2ccc(Cl)cc2F)c1. The Morgan fingerprint density at radius 2 is 1.53 bits per heavy atom. The molecule has 3 aromatic carbocycles. The second-order valence-electron chi connectivity index (χ2n) is 6.91. The lowest BCUT2D eigenvalue weighted by Crippen LogP contribution is -2.22. The summed E-state index contributed by atoms with van der Waals surface area (Å²) in [4.78, 5) is -0.376.